The summed E-state index contributed by atoms with van der Waals surface area (Å²) in [6.45, 7) is 1.93. The van der Waals surface area contributed by atoms with E-state index in [9.17, 15) is 14.1 Å². The van der Waals surface area contributed by atoms with Crippen LogP contribution < -0.4 is 11.1 Å². The Hall–Kier alpha value is -2.74. The quantitative estimate of drug-likeness (QED) is 0.788. The monoisotopic (exact) mass is 372 g/mol. The predicted octanol–water partition coefficient (Wildman–Crippen LogP) is 4.14. The van der Waals surface area contributed by atoms with Crippen molar-refractivity contribution in [2.75, 3.05) is 11.1 Å². The van der Waals surface area contributed by atoms with Crippen LogP contribution in [0, 0.1) is 10.7 Å². The SMILES string of the molecule is CC1(c2ccc(F)c(NC(=O)c3ccc(N=O)cc3)c2)CCSC(N)=N1. The number of amidine groups is 1. The van der Waals surface area contributed by atoms with Crippen LogP contribution in [-0.2, 0) is 5.54 Å². The van der Waals surface area contributed by atoms with E-state index in [0.29, 0.717) is 10.7 Å². The van der Waals surface area contributed by atoms with Gasteiger partial charge < -0.3 is 11.1 Å². The Balaban J connectivity index is 1.87. The van der Waals surface area contributed by atoms with Crippen molar-refractivity contribution in [1.29, 1.82) is 0 Å². The lowest BCUT2D eigenvalue weighted by atomic mass is 9.89. The third-order valence-electron chi connectivity index (χ3n) is 4.27. The molecule has 1 amide bonds. The molecule has 8 heteroatoms. The molecular weight excluding hydrogens is 355 g/mol. The molecule has 1 unspecified atom stereocenters. The Morgan fingerprint density at radius 1 is 1.31 bits per heavy atom. The van der Waals surface area contributed by atoms with E-state index in [-0.39, 0.29) is 11.4 Å². The van der Waals surface area contributed by atoms with E-state index in [1.54, 1.807) is 12.1 Å². The van der Waals surface area contributed by atoms with Gasteiger partial charge in [-0.2, -0.15) is 0 Å². The smallest absolute Gasteiger partial charge is 0.255 e. The first-order valence-corrected chi connectivity index (χ1v) is 8.93. The number of carbonyl (C=O) groups excluding carboxylic acids is 1. The molecule has 1 heterocycles. The van der Waals surface area contributed by atoms with Gasteiger partial charge in [0.2, 0.25) is 0 Å². The Kier molecular flexibility index (Phi) is 5.03. The van der Waals surface area contributed by atoms with Gasteiger partial charge in [0.25, 0.3) is 5.91 Å². The molecule has 0 radical (unpaired) electrons. The molecule has 2 aromatic rings. The zero-order valence-electron chi connectivity index (χ0n) is 14.0. The molecule has 0 bridgehead atoms. The van der Waals surface area contributed by atoms with E-state index in [1.165, 1.54) is 42.1 Å². The highest BCUT2D eigenvalue weighted by Gasteiger charge is 2.30. The lowest BCUT2D eigenvalue weighted by molar-refractivity contribution is 0.102. The van der Waals surface area contributed by atoms with Crippen molar-refractivity contribution < 1.29 is 9.18 Å². The number of rotatable bonds is 4. The number of nitrogens with one attached hydrogen (secondary N) is 1. The van der Waals surface area contributed by atoms with Gasteiger partial charge in [0, 0.05) is 11.3 Å². The van der Waals surface area contributed by atoms with Crippen LogP contribution >= 0.6 is 11.8 Å². The fourth-order valence-corrected chi connectivity index (χ4v) is 3.69. The molecule has 1 atom stereocenters. The van der Waals surface area contributed by atoms with Crippen LogP contribution in [0.5, 0.6) is 0 Å². The van der Waals surface area contributed by atoms with Crippen molar-refractivity contribution in [3.8, 4) is 0 Å². The molecule has 0 fully saturated rings. The summed E-state index contributed by atoms with van der Waals surface area (Å²) in [6, 6.07) is 10.3. The largest absolute Gasteiger partial charge is 0.379 e. The predicted molar refractivity (Wildman–Crippen MR) is 102 cm³/mol. The molecular formula is C18H17FN4O2S. The van der Waals surface area contributed by atoms with Gasteiger partial charge in [0.15, 0.2) is 5.17 Å². The summed E-state index contributed by atoms with van der Waals surface area (Å²) in [5.74, 6) is -0.202. The molecule has 0 aromatic heterocycles. The average Bonchev–Trinajstić information content (AvgIpc) is 2.63. The number of nitrogens with zero attached hydrogens (tertiary/aromatic N) is 2. The maximum Gasteiger partial charge on any atom is 0.255 e. The Morgan fingerprint density at radius 3 is 2.69 bits per heavy atom. The molecule has 1 aliphatic heterocycles. The van der Waals surface area contributed by atoms with Gasteiger partial charge in [-0.1, -0.05) is 17.8 Å². The van der Waals surface area contributed by atoms with Gasteiger partial charge in [0.05, 0.1) is 11.2 Å². The number of anilines is 1. The number of thioether (sulfide) groups is 1. The van der Waals surface area contributed by atoms with Crippen molar-refractivity contribution in [1.82, 2.24) is 0 Å². The molecule has 0 aliphatic carbocycles. The third-order valence-corrected chi connectivity index (χ3v) is 5.06. The second kappa shape index (κ2) is 7.25. The second-order valence-corrected chi connectivity index (χ2v) is 7.22. The normalized spacial score (nSPS) is 19.5. The van der Waals surface area contributed by atoms with E-state index in [4.69, 9.17) is 5.73 Å². The molecule has 0 saturated heterocycles. The highest BCUT2D eigenvalue weighted by Crippen LogP contribution is 2.36. The lowest BCUT2D eigenvalue weighted by Gasteiger charge is -2.30. The second-order valence-electron chi connectivity index (χ2n) is 6.11. The number of hydrogen-bond donors (Lipinski definition) is 2. The minimum absolute atomic E-state index is 0.0679. The Labute approximate surface area is 154 Å². The molecule has 134 valence electrons. The van der Waals surface area contributed by atoms with Gasteiger partial charge in [-0.3, -0.25) is 9.79 Å². The van der Waals surface area contributed by atoms with Gasteiger partial charge in [-0.05, 0) is 60.5 Å². The highest BCUT2D eigenvalue weighted by molar-refractivity contribution is 8.13. The van der Waals surface area contributed by atoms with Gasteiger partial charge in [-0.15, -0.1) is 4.91 Å². The molecule has 1 aliphatic rings. The third kappa shape index (κ3) is 3.75. The van der Waals surface area contributed by atoms with Gasteiger partial charge >= 0.3 is 0 Å². The molecule has 2 aromatic carbocycles. The molecule has 6 nitrogen and oxygen atoms in total. The first kappa shape index (κ1) is 18.1. The minimum Gasteiger partial charge on any atom is -0.379 e. The van der Waals surface area contributed by atoms with Crippen molar-refractivity contribution in [2.24, 2.45) is 15.9 Å². The zero-order chi connectivity index (χ0) is 18.7. The van der Waals surface area contributed by atoms with Crippen LogP contribution in [0.4, 0.5) is 15.8 Å². The first-order valence-electron chi connectivity index (χ1n) is 7.94. The van der Waals surface area contributed by atoms with E-state index in [0.717, 1.165) is 17.7 Å². The van der Waals surface area contributed by atoms with E-state index in [2.05, 4.69) is 15.5 Å². The van der Waals surface area contributed by atoms with Gasteiger partial charge in [-0.25, -0.2) is 4.39 Å². The van der Waals surface area contributed by atoms with E-state index < -0.39 is 17.3 Å². The Morgan fingerprint density at radius 2 is 2.04 bits per heavy atom. The van der Waals surface area contributed by atoms with Crippen LogP contribution in [0.1, 0.15) is 29.3 Å². The van der Waals surface area contributed by atoms with Crippen molar-refractivity contribution in [3.05, 3.63) is 64.3 Å². The number of nitrogens with two attached hydrogens (primary N) is 1. The number of carbonyl (C=O) groups is 1. The first-order chi connectivity index (χ1) is 12.4. The van der Waals surface area contributed by atoms with Gasteiger partial charge in [0.1, 0.15) is 11.5 Å². The molecule has 3 rings (SSSR count). The molecule has 0 saturated carbocycles. The fourth-order valence-electron chi connectivity index (χ4n) is 2.72. The maximum absolute atomic E-state index is 14.2. The fraction of sp³-hybridized carbons (Fsp3) is 0.222. The number of halogens is 1. The zero-order valence-corrected chi connectivity index (χ0v) is 14.8. The summed E-state index contributed by atoms with van der Waals surface area (Å²) in [4.78, 5) is 27.3. The minimum atomic E-state index is -0.556. The van der Waals surface area contributed by atoms with Crippen LogP contribution in [0.15, 0.2) is 52.6 Å². The summed E-state index contributed by atoms with van der Waals surface area (Å²) < 4.78 is 14.2. The number of aliphatic imine (C=N–C) groups is 1. The molecule has 3 N–H and O–H groups in total. The number of nitroso groups, excluding NO2 is 1. The number of amides is 1. The highest BCUT2D eigenvalue weighted by atomic mass is 32.2. The lowest BCUT2D eigenvalue weighted by Crippen LogP contribution is -2.29. The molecule has 0 spiro atoms. The van der Waals surface area contributed by atoms with Crippen molar-refractivity contribution >= 4 is 34.2 Å². The summed E-state index contributed by atoms with van der Waals surface area (Å²) in [7, 11) is 0. The summed E-state index contributed by atoms with van der Waals surface area (Å²) >= 11 is 1.49. The summed E-state index contributed by atoms with van der Waals surface area (Å²) in [6.07, 6.45) is 0.761. The van der Waals surface area contributed by atoms with E-state index in [1.807, 2.05) is 6.92 Å². The summed E-state index contributed by atoms with van der Waals surface area (Å²) in [5, 5.41) is 5.84. The van der Waals surface area contributed by atoms with Crippen molar-refractivity contribution in [3.63, 3.8) is 0 Å². The van der Waals surface area contributed by atoms with Crippen LogP contribution in [0.25, 0.3) is 0 Å². The van der Waals surface area contributed by atoms with Crippen LogP contribution in [0.3, 0.4) is 0 Å². The van der Waals surface area contributed by atoms with E-state index >= 15 is 0 Å². The number of benzene rings is 2. The van der Waals surface area contributed by atoms with Crippen LogP contribution in [-0.4, -0.2) is 16.8 Å². The van der Waals surface area contributed by atoms with Crippen molar-refractivity contribution in [2.45, 2.75) is 18.9 Å². The molecule has 26 heavy (non-hydrogen) atoms. The standard InChI is InChI=1S/C18H17FN4O2S/c1-18(8-9-26-17(20)22-18)12-4-7-14(19)15(10-12)21-16(24)11-2-5-13(23-25)6-3-11/h2-7,10H,8-9H2,1H3,(H2,20,22)(H,21,24). The maximum atomic E-state index is 14.2. The topological polar surface area (TPSA) is 96.9 Å². The average molecular weight is 372 g/mol. The number of hydrogen-bond acceptors (Lipinski definition) is 6. The Bertz CT molecular complexity index is 885. The van der Waals surface area contributed by atoms with Crippen LogP contribution in [0.2, 0.25) is 0 Å². The summed E-state index contributed by atoms with van der Waals surface area (Å²) in [5.41, 5.74) is 6.64.